The SMILES string of the molecule is CC(C)CC(CN)CC(=O)Nc1cccc2c1CCCC2. The smallest absolute Gasteiger partial charge is 0.224 e. The summed E-state index contributed by atoms with van der Waals surface area (Å²) >= 11 is 0. The minimum Gasteiger partial charge on any atom is -0.330 e. The number of rotatable bonds is 6. The van der Waals surface area contributed by atoms with Crippen molar-refractivity contribution in [3.63, 3.8) is 0 Å². The summed E-state index contributed by atoms with van der Waals surface area (Å²) < 4.78 is 0. The van der Waals surface area contributed by atoms with Crippen molar-refractivity contribution in [1.82, 2.24) is 0 Å². The third kappa shape index (κ3) is 4.57. The summed E-state index contributed by atoms with van der Waals surface area (Å²) in [5.41, 5.74) is 9.54. The quantitative estimate of drug-likeness (QED) is 0.841. The van der Waals surface area contributed by atoms with Gasteiger partial charge in [-0.2, -0.15) is 0 Å². The first-order valence-corrected chi connectivity index (χ1v) is 8.20. The minimum atomic E-state index is 0.102. The number of benzene rings is 1. The number of hydrogen-bond donors (Lipinski definition) is 2. The summed E-state index contributed by atoms with van der Waals surface area (Å²) in [6, 6.07) is 6.27. The first kappa shape index (κ1) is 16.0. The topological polar surface area (TPSA) is 55.1 Å². The van der Waals surface area contributed by atoms with Gasteiger partial charge < -0.3 is 11.1 Å². The monoisotopic (exact) mass is 288 g/mol. The summed E-state index contributed by atoms with van der Waals surface area (Å²) in [6.45, 7) is 4.93. The van der Waals surface area contributed by atoms with Crippen LogP contribution in [0.5, 0.6) is 0 Å². The molecule has 0 aliphatic heterocycles. The molecule has 1 aliphatic carbocycles. The molecule has 21 heavy (non-hydrogen) atoms. The Morgan fingerprint density at radius 1 is 1.29 bits per heavy atom. The Balaban J connectivity index is 1.99. The highest BCUT2D eigenvalue weighted by Gasteiger charge is 2.17. The highest BCUT2D eigenvalue weighted by Crippen LogP contribution is 2.28. The van der Waals surface area contributed by atoms with Crippen LogP contribution in [0.3, 0.4) is 0 Å². The largest absolute Gasteiger partial charge is 0.330 e. The maximum absolute atomic E-state index is 12.3. The van der Waals surface area contributed by atoms with E-state index < -0.39 is 0 Å². The zero-order valence-corrected chi connectivity index (χ0v) is 13.3. The third-order valence-electron chi connectivity index (χ3n) is 4.28. The second-order valence-corrected chi connectivity index (χ2v) is 6.63. The molecule has 0 aromatic heterocycles. The summed E-state index contributed by atoms with van der Waals surface area (Å²) in [4.78, 5) is 12.3. The molecular formula is C18H28N2O. The Labute approximate surface area is 128 Å². The molecule has 1 amide bonds. The number of hydrogen-bond acceptors (Lipinski definition) is 2. The third-order valence-corrected chi connectivity index (χ3v) is 4.28. The molecule has 3 nitrogen and oxygen atoms in total. The Hall–Kier alpha value is -1.35. The van der Waals surface area contributed by atoms with E-state index in [4.69, 9.17) is 5.73 Å². The number of carbonyl (C=O) groups is 1. The van der Waals surface area contributed by atoms with Crippen LogP contribution in [0.1, 0.15) is 50.7 Å². The fraction of sp³-hybridized carbons (Fsp3) is 0.611. The van der Waals surface area contributed by atoms with Gasteiger partial charge in [-0.25, -0.2) is 0 Å². The van der Waals surface area contributed by atoms with Crippen molar-refractivity contribution in [3.8, 4) is 0 Å². The zero-order valence-electron chi connectivity index (χ0n) is 13.3. The molecule has 3 N–H and O–H groups in total. The van der Waals surface area contributed by atoms with E-state index in [9.17, 15) is 4.79 Å². The van der Waals surface area contributed by atoms with E-state index in [1.807, 2.05) is 12.1 Å². The molecular weight excluding hydrogens is 260 g/mol. The normalized spacial score (nSPS) is 15.6. The van der Waals surface area contributed by atoms with E-state index in [2.05, 4.69) is 25.2 Å². The van der Waals surface area contributed by atoms with Crippen LogP contribution < -0.4 is 11.1 Å². The van der Waals surface area contributed by atoms with E-state index in [-0.39, 0.29) is 11.8 Å². The van der Waals surface area contributed by atoms with E-state index in [1.165, 1.54) is 24.0 Å². The predicted molar refractivity (Wildman–Crippen MR) is 88.3 cm³/mol. The van der Waals surface area contributed by atoms with Crippen LogP contribution in [0.25, 0.3) is 0 Å². The van der Waals surface area contributed by atoms with Crippen LogP contribution in [0.4, 0.5) is 5.69 Å². The fourth-order valence-electron chi connectivity index (χ4n) is 3.29. The molecule has 0 spiro atoms. The molecule has 1 unspecified atom stereocenters. The maximum Gasteiger partial charge on any atom is 0.224 e. The summed E-state index contributed by atoms with van der Waals surface area (Å²) in [5.74, 6) is 0.963. The van der Waals surface area contributed by atoms with Crippen LogP contribution in [0.2, 0.25) is 0 Å². The van der Waals surface area contributed by atoms with Gasteiger partial charge in [0.1, 0.15) is 0 Å². The number of aryl methyl sites for hydroxylation is 1. The number of nitrogens with two attached hydrogens (primary N) is 1. The molecule has 0 saturated heterocycles. The molecule has 0 heterocycles. The van der Waals surface area contributed by atoms with E-state index >= 15 is 0 Å². The average Bonchev–Trinajstić information content (AvgIpc) is 2.46. The lowest BCUT2D eigenvalue weighted by atomic mass is 9.90. The first-order chi connectivity index (χ1) is 10.1. The van der Waals surface area contributed by atoms with Crippen LogP contribution in [0.15, 0.2) is 18.2 Å². The fourth-order valence-corrected chi connectivity index (χ4v) is 3.29. The van der Waals surface area contributed by atoms with Gasteiger partial charge in [-0.3, -0.25) is 4.79 Å². The second-order valence-electron chi connectivity index (χ2n) is 6.63. The highest BCUT2D eigenvalue weighted by molar-refractivity contribution is 5.91. The molecule has 1 aromatic carbocycles. The van der Waals surface area contributed by atoms with E-state index in [0.29, 0.717) is 18.9 Å². The summed E-state index contributed by atoms with van der Waals surface area (Å²) in [7, 11) is 0. The number of carbonyl (C=O) groups excluding carboxylic acids is 1. The van der Waals surface area contributed by atoms with Gasteiger partial charge in [0.25, 0.3) is 0 Å². The van der Waals surface area contributed by atoms with Crippen LogP contribution in [-0.4, -0.2) is 12.5 Å². The van der Waals surface area contributed by atoms with Gasteiger partial charge in [0.2, 0.25) is 5.91 Å². The maximum atomic E-state index is 12.3. The van der Waals surface area contributed by atoms with Gasteiger partial charge in [0.05, 0.1) is 0 Å². The van der Waals surface area contributed by atoms with Crippen LogP contribution in [-0.2, 0) is 17.6 Å². The predicted octanol–water partition coefficient (Wildman–Crippen LogP) is 3.52. The van der Waals surface area contributed by atoms with Crippen molar-refractivity contribution in [2.24, 2.45) is 17.6 Å². The molecule has 0 saturated carbocycles. The Morgan fingerprint density at radius 2 is 2.05 bits per heavy atom. The van der Waals surface area contributed by atoms with Gasteiger partial charge in [-0.15, -0.1) is 0 Å². The minimum absolute atomic E-state index is 0.102. The molecule has 1 aliphatic rings. The summed E-state index contributed by atoms with van der Waals surface area (Å²) in [5, 5.41) is 3.11. The van der Waals surface area contributed by atoms with Crippen LogP contribution in [0, 0.1) is 11.8 Å². The first-order valence-electron chi connectivity index (χ1n) is 8.20. The lowest BCUT2D eigenvalue weighted by Crippen LogP contribution is -2.24. The zero-order chi connectivity index (χ0) is 15.2. The van der Waals surface area contributed by atoms with Crippen molar-refractivity contribution >= 4 is 11.6 Å². The molecule has 2 rings (SSSR count). The molecule has 1 aromatic rings. The van der Waals surface area contributed by atoms with Crippen LogP contribution >= 0.6 is 0 Å². The highest BCUT2D eigenvalue weighted by atomic mass is 16.1. The van der Waals surface area contributed by atoms with Crippen molar-refractivity contribution in [2.45, 2.75) is 52.4 Å². The average molecular weight is 288 g/mol. The molecule has 116 valence electrons. The van der Waals surface area contributed by atoms with Crippen molar-refractivity contribution in [1.29, 1.82) is 0 Å². The van der Waals surface area contributed by atoms with Crippen molar-refractivity contribution in [2.75, 3.05) is 11.9 Å². The van der Waals surface area contributed by atoms with E-state index in [1.54, 1.807) is 0 Å². The number of fused-ring (bicyclic) bond motifs is 1. The number of amides is 1. The number of anilines is 1. The Bertz CT molecular complexity index is 482. The molecule has 0 bridgehead atoms. The lowest BCUT2D eigenvalue weighted by molar-refractivity contribution is -0.117. The van der Waals surface area contributed by atoms with Gasteiger partial charge >= 0.3 is 0 Å². The molecule has 0 fully saturated rings. The van der Waals surface area contributed by atoms with Gasteiger partial charge in [0.15, 0.2) is 0 Å². The Kier molecular flexibility index (Phi) is 5.80. The lowest BCUT2D eigenvalue weighted by Gasteiger charge is -2.21. The van der Waals surface area contributed by atoms with Gasteiger partial charge in [0, 0.05) is 12.1 Å². The van der Waals surface area contributed by atoms with E-state index in [0.717, 1.165) is 24.9 Å². The van der Waals surface area contributed by atoms with Crippen molar-refractivity contribution in [3.05, 3.63) is 29.3 Å². The number of nitrogens with one attached hydrogen (secondary N) is 1. The van der Waals surface area contributed by atoms with Gasteiger partial charge in [-0.1, -0.05) is 26.0 Å². The second kappa shape index (κ2) is 7.60. The summed E-state index contributed by atoms with van der Waals surface area (Å²) in [6.07, 6.45) is 6.23. The molecule has 0 radical (unpaired) electrons. The standard InChI is InChI=1S/C18H28N2O/c1-13(2)10-14(12-19)11-18(21)20-17-9-5-7-15-6-3-4-8-16(15)17/h5,7,9,13-14H,3-4,6,8,10-12,19H2,1-2H3,(H,20,21). The van der Waals surface area contributed by atoms with Crippen molar-refractivity contribution < 1.29 is 4.79 Å². The molecule has 1 atom stereocenters. The molecule has 3 heteroatoms. The van der Waals surface area contributed by atoms with Gasteiger partial charge in [-0.05, 0) is 67.7 Å². The Morgan fingerprint density at radius 3 is 2.76 bits per heavy atom.